The summed E-state index contributed by atoms with van der Waals surface area (Å²) in [6.45, 7) is 6.20. The molecular weight excluding hydrogens is 284 g/mol. The maximum Gasteiger partial charge on any atom is 0.227 e. The Morgan fingerprint density at radius 2 is 2.00 bits per heavy atom. The first kappa shape index (κ1) is 16.3. The fourth-order valence-electron chi connectivity index (χ4n) is 3.09. The zero-order valence-electron chi connectivity index (χ0n) is 13.0. The lowest BCUT2D eigenvalue weighted by molar-refractivity contribution is -0.131. The van der Waals surface area contributed by atoms with E-state index in [0.29, 0.717) is 10.9 Å². The van der Waals surface area contributed by atoms with Crippen LogP contribution in [0.4, 0.5) is 0 Å². The van der Waals surface area contributed by atoms with Gasteiger partial charge < -0.3 is 11.1 Å². The summed E-state index contributed by atoms with van der Waals surface area (Å²) >= 11 is 5.94. The normalized spacial score (nSPS) is 26.9. The topological polar surface area (TPSA) is 55.1 Å². The first-order chi connectivity index (χ1) is 9.84. The Balaban J connectivity index is 2.17. The number of benzene rings is 1. The number of carbonyl (C=O) groups is 1. The summed E-state index contributed by atoms with van der Waals surface area (Å²) in [6.07, 6.45) is 2.82. The lowest BCUT2D eigenvalue weighted by Gasteiger charge is -2.32. The minimum absolute atomic E-state index is 0.0145. The molecule has 0 heterocycles. The van der Waals surface area contributed by atoms with Gasteiger partial charge in [-0.3, -0.25) is 4.79 Å². The lowest BCUT2D eigenvalue weighted by Crippen LogP contribution is -2.49. The predicted molar refractivity (Wildman–Crippen MR) is 87.1 cm³/mol. The van der Waals surface area contributed by atoms with Crippen LogP contribution in [0.25, 0.3) is 0 Å². The highest BCUT2D eigenvalue weighted by atomic mass is 35.5. The largest absolute Gasteiger partial charge is 0.349 e. The Morgan fingerprint density at radius 1 is 1.38 bits per heavy atom. The molecule has 4 heteroatoms. The van der Waals surface area contributed by atoms with Crippen molar-refractivity contribution in [2.45, 2.75) is 52.1 Å². The maximum absolute atomic E-state index is 12.7. The standard InChI is InChI=1S/C17H25ClN2O/c1-11(2)15(12-6-8-13(18)9-7-12)20-16(21)17(3)10-4-5-14(17)19/h6-9,11,14-15H,4-5,10,19H2,1-3H3,(H,20,21). The highest BCUT2D eigenvalue weighted by Gasteiger charge is 2.43. The Bertz CT molecular complexity index is 500. The number of hydrogen-bond donors (Lipinski definition) is 2. The summed E-state index contributed by atoms with van der Waals surface area (Å²) in [5.74, 6) is 0.373. The van der Waals surface area contributed by atoms with Crippen molar-refractivity contribution in [2.24, 2.45) is 17.1 Å². The second-order valence-corrected chi connectivity index (χ2v) is 7.10. The van der Waals surface area contributed by atoms with E-state index >= 15 is 0 Å². The van der Waals surface area contributed by atoms with Crippen LogP contribution in [-0.2, 0) is 4.79 Å². The maximum atomic E-state index is 12.7. The van der Waals surface area contributed by atoms with Crippen LogP contribution in [0.15, 0.2) is 24.3 Å². The molecule has 3 atom stereocenters. The summed E-state index contributed by atoms with van der Waals surface area (Å²) in [5, 5.41) is 3.91. The van der Waals surface area contributed by atoms with Crippen molar-refractivity contribution in [3.05, 3.63) is 34.9 Å². The third kappa shape index (κ3) is 3.41. The Labute approximate surface area is 132 Å². The lowest BCUT2D eigenvalue weighted by atomic mass is 9.83. The van der Waals surface area contributed by atoms with Crippen molar-refractivity contribution in [1.82, 2.24) is 5.32 Å². The van der Waals surface area contributed by atoms with Crippen LogP contribution in [0, 0.1) is 11.3 Å². The molecule has 1 fully saturated rings. The number of amides is 1. The van der Waals surface area contributed by atoms with Crippen molar-refractivity contribution in [3.8, 4) is 0 Å². The van der Waals surface area contributed by atoms with Crippen molar-refractivity contribution in [1.29, 1.82) is 0 Å². The molecule has 0 bridgehead atoms. The van der Waals surface area contributed by atoms with Gasteiger partial charge in [-0.05, 0) is 43.4 Å². The summed E-state index contributed by atoms with van der Waals surface area (Å²) < 4.78 is 0. The van der Waals surface area contributed by atoms with E-state index in [1.807, 2.05) is 31.2 Å². The number of nitrogens with two attached hydrogens (primary N) is 1. The second kappa shape index (κ2) is 6.37. The molecule has 1 aromatic carbocycles. The molecular formula is C17H25ClN2O. The molecule has 0 radical (unpaired) electrons. The summed E-state index contributed by atoms with van der Waals surface area (Å²) in [5.41, 5.74) is 6.78. The molecule has 1 aromatic rings. The molecule has 0 spiro atoms. The molecule has 0 aliphatic heterocycles. The van der Waals surface area contributed by atoms with Crippen molar-refractivity contribution in [3.63, 3.8) is 0 Å². The predicted octanol–water partition coefficient (Wildman–Crippen LogP) is 3.67. The molecule has 116 valence electrons. The van der Waals surface area contributed by atoms with E-state index in [1.54, 1.807) is 0 Å². The molecule has 3 nitrogen and oxygen atoms in total. The van der Waals surface area contributed by atoms with E-state index in [2.05, 4.69) is 19.2 Å². The van der Waals surface area contributed by atoms with E-state index in [4.69, 9.17) is 17.3 Å². The van der Waals surface area contributed by atoms with Crippen LogP contribution in [0.5, 0.6) is 0 Å². The molecule has 0 saturated heterocycles. The van der Waals surface area contributed by atoms with Crippen LogP contribution < -0.4 is 11.1 Å². The average Bonchev–Trinajstić information content (AvgIpc) is 2.78. The van der Waals surface area contributed by atoms with Gasteiger partial charge in [-0.1, -0.05) is 44.0 Å². The molecule has 21 heavy (non-hydrogen) atoms. The van der Waals surface area contributed by atoms with E-state index in [0.717, 1.165) is 24.8 Å². The smallest absolute Gasteiger partial charge is 0.227 e. The third-order valence-corrected chi connectivity index (χ3v) is 4.98. The highest BCUT2D eigenvalue weighted by Crippen LogP contribution is 2.38. The van der Waals surface area contributed by atoms with Crippen LogP contribution in [0.1, 0.15) is 51.6 Å². The van der Waals surface area contributed by atoms with Crippen molar-refractivity contribution in [2.75, 3.05) is 0 Å². The van der Waals surface area contributed by atoms with Gasteiger partial charge in [-0.15, -0.1) is 0 Å². The quantitative estimate of drug-likeness (QED) is 0.891. The molecule has 1 aliphatic rings. The summed E-state index contributed by atoms with van der Waals surface area (Å²) in [4.78, 5) is 12.7. The average molecular weight is 309 g/mol. The van der Waals surface area contributed by atoms with Crippen LogP contribution in [-0.4, -0.2) is 11.9 Å². The highest BCUT2D eigenvalue weighted by molar-refractivity contribution is 6.30. The van der Waals surface area contributed by atoms with E-state index in [1.165, 1.54) is 0 Å². The first-order valence-corrected chi connectivity index (χ1v) is 8.04. The van der Waals surface area contributed by atoms with Gasteiger partial charge in [0.1, 0.15) is 0 Å². The summed E-state index contributed by atoms with van der Waals surface area (Å²) in [7, 11) is 0. The molecule has 2 rings (SSSR count). The molecule has 1 saturated carbocycles. The molecule has 1 aliphatic carbocycles. The minimum Gasteiger partial charge on any atom is -0.349 e. The molecule has 1 amide bonds. The van der Waals surface area contributed by atoms with Gasteiger partial charge in [-0.25, -0.2) is 0 Å². The van der Waals surface area contributed by atoms with Gasteiger partial charge in [0.2, 0.25) is 5.91 Å². The van der Waals surface area contributed by atoms with Gasteiger partial charge in [0.25, 0.3) is 0 Å². The van der Waals surface area contributed by atoms with Crippen molar-refractivity contribution >= 4 is 17.5 Å². The number of rotatable bonds is 4. The van der Waals surface area contributed by atoms with Crippen LogP contribution in [0.3, 0.4) is 0 Å². The van der Waals surface area contributed by atoms with Crippen molar-refractivity contribution < 1.29 is 4.79 Å². The van der Waals surface area contributed by atoms with Gasteiger partial charge in [-0.2, -0.15) is 0 Å². The van der Waals surface area contributed by atoms with Gasteiger partial charge in [0.05, 0.1) is 11.5 Å². The Morgan fingerprint density at radius 3 is 2.48 bits per heavy atom. The number of nitrogens with one attached hydrogen (secondary N) is 1. The SMILES string of the molecule is CC(C)C(NC(=O)C1(C)CCCC1N)c1ccc(Cl)cc1. The summed E-state index contributed by atoms with van der Waals surface area (Å²) in [6, 6.07) is 7.62. The van der Waals surface area contributed by atoms with E-state index < -0.39 is 5.41 Å². The fraction of sp³-hybridized carbons (Fsp3) is 0.588. The minimum atomic E-state index is -0.445. The molecule has 3 unspecified atom stereocenters. The fourth-order valence-corrected chi connectivity index (χ4v) is 3.21. The van der Waals surface area contributed by atoms with Crippen LogP contribution in [0.2, 0.25) is 5.02 Å². The molecule has 0 aromatic heterocycles. The number of carbonyl (C=O) groups excluding carboxylic acids is 1. The Hall–Kier alpha value is -1.06. The van der Waals surface area contributed by atoms with Gasteiger partial charge in [0.15, 0.2) is 0 Å². The van der Waals surface area contributed by atoms with Gasteiger partial charge >= 0.3 is 0 Å². The zero-order chi connectivity index (χ0) is 15.6. The zero-order valence-corrected chi connectivity index (χ0v) is 13.8. The van der Waals surface area contributed by atoms with E-state index in [-0.39, 0.29) is 18.0 Å². The molecule has 3 N–H and O–H groups in total. The monoisotopic (exact) mass is 308 g/mol. The number of hydrogen-bond acceptors (Lipinski definition) is 2. The number of halogens is 1. The van der Waals surface area contributed by atoms with Crippen LogP contribution >= 0.6 is 11.6 Å². The Kier molecular flexibility index (Phi) is 4.95. The first-order valence-electron chi connectivity index (χ1n) is 7.66. The third-order valence-electron chi connectivity index (χ3n) is 4.73. The second-order valence-electron chi connectivity index (χ2n) is 6.66. The van der Waals surface area contributed by atoms with E-state index in [9.17, 15) is 4.79 Å². The van der Waals surface area contributed by atoms with Gasteiger partial charge in [0, 0.05) is 11.1 Å².